The van der Waals surface area contributed by atoms with Crippen molar-refractivity contribution in [3.63, 3.8) is 0 Å². The normalized spacial score (nSPS) is 17.4. The molecule has 1 aliphatic rings. The highest BCUT2D eigenvalue weighted by atomic mass is 35.5. The standard InChI is InChI=1S/C13H14Cl2O2/c14-12-2-1-3-13(15)11(12)8-17-10-6-4-9(16)5-7-10/h1-3,10H,4-8H2. The van der Waals surface area contributed by atoms with E-state index in [4.69, 9.17) is 27.9 Å². The van der Waals surface area contributed by atoms with Gasteiger partial charge in [-0.1, -0.05) is 29.3 Å². The third kappa shape index (κ3) is 3.44. The van der Waals surface area contributed by atoms with Gasteiger partial charge < -0.3 is 4.74 Å². The Balaban J connectivity index is 1.91. The van der Waals surface area contributed by atoms with Crippen molar-refractivity contribution in [2.24, 2.45) is 0 Å². The first-order valence-electron chi connectivity index (χ1n) is 5.73. The summed E-state index contributed by atoms with van der Waals surface area (Å²) in [5.41, 5.74) is 0.827. The lowest BCUT2D eigenvalue weighted by atomic mass is 9.96. The van der Waals surface area contributed by atoms with E-state index in [1.54, 1.807) is 12.1 Å². The highest BCUT2D eigenvalue weighted by Gasteiger charge is 2.19. The van der Waals surface area contributed by atoms with Crippen LogP contribution in [0, 0.1) is 0 Å². The van der Waals surface area contributed by atoms with Gasteiger partial charge in [-0.3, -0.25) is 4.79 Å². The molecule has 0 heterocycles. The van der Waals surface area contributed by atoms with Gasteiger partial charge in [-0.05, 0) is 25.0 Å². The molecule has 0 atom stereocenters. The number of carbonyl (C=O) groups is 1. The van der Waals surface area contributed by atoms with Gasteiger partial charge in [0.15, 0.2) is 0 Å². The van der Waals surface area contributed by atoms with Crippen LogP contribution in [0.2, 0.25) is 10.0 Å². The molecule has 17 heavy (non-hydrogen) atoms. The van der Waals surface area contributed by atoms with Crippen LogP contribution < -0.4 is 0 Å². The van der Waals surface area contributed by atoms with Crippen molar-refractivity contribution < 1.29 is 9.53 Å². The van der Waals surface area contributed by atoms with E-state index in [0.717, 1.165) is 18.4 Å². The van der Waals surface area contributed by atoms with E-state index in [0.29, 0.717) is 35.3 Å². The predicted octanol–water partition coefficient (Wildman–Crippen LogP) is 4.02. The third-order valence-electron chi connectivity index (χ3n) is 3.02. The van der Waals surface area contributed by atoms with Crippen molar-refractivity contribution in [1.82, 2.24) is 0 Å². The third-order valence-corrected chi connectivity index (χ3v) is 3.72. The van der Waals surface area contributed by atoms with Crippen molar-refractivity contribution >= 4 is 29.0 Å². The van der Waals surface area contributed by atoms with Crippen LogP contribution in [0.4, 0.5) is 0 Å². The molecule has 1 saturated carbocycles. The number of ether oxygens (including phenoxy) is 1. The highest BCUT2D eigenvalue weighted by Crippen LogP contribution is 2.27. The molecule has 0 radical (unpaired) electrons. The summed E-state index contributed by atoms with van der Waals surface area (Å²) in [5, 5.41) is 1.26. The number of carbonyl (C=O) groups excluding carboxylic acids is 1. The molecule has 0 aromatic heterocycles. The topological polar surface area (TPSA) is 26.3 Å². The zero-order valence-corrected chi connectivity index (χ0v) is 10.9. The quantitative estimate of drug-likeness (QED) is 0.831. The molecule has 1 aromatic carbocycles. The average molecular weight is 273 g/mol. The van der Waals surface area contributed by atoms with E-state index < -0.39 is 0 Å². The fraction of sp³-hybridized carbons (Fsp3) is 0.462. The molecule has 1 aromatic rings. The summed E-state index contributed by atoms with van der Waals surface area (Å²) in [6.45, 7) is 0.414. The van der Waals surface area contributed by atoms with Gasteiger partial charge >= 0.3 is 0 Å². The number of ketones is 1. The summed E-state index contributed by atoms with van der Waals surface area (Å²) in [6.07, 6.45) is 3.02. The molecule has 0 bridgehead atoms. The largest absolute Gasteiger partial charge is 0.373 e. The van der Waals surface area contributed by atoms with Gasteiger partial charge in [-0.15, -0.1) is 0 Å². The Bertz CT molecular complexity index is 388. The second-order valence-corrected chi connectivity index (χ2v) is 5.06. The Morgan fingerprint density at radius 3 is 2.35 bits per heavy atom. The van der Waals surface area contributed by atoms with Gasteiger partial charge in [-0.25, -0.2) is 0 Å². The van der Waals surface area contributed by atoms with Crippen molar-refractivity contribution in [3.05, 3.63) is 33.8 Å². The molecule has 0 N–H and O–H groups in total. The average Bonchev–Trinajstić information content (AvgIpc) is 2.31. The molecular formula is C13H14Cl2O2. The summed E-state index contributed by atoms with van der Waals surface area (Å²) in [4.78, 5) is 11.1. The molecule has 0 amide bonds. The molecular weight excluding hydrogens is 259 g/mol. The Labute approximate surface area is 111 Å². The Hall–Kier alpha value is -0.570. The maximum Gasteiger partial charge on any atom is 0.133 e. The van der Waals surface area contributed by atoms with Gasteiger partial charge in [0.05, 0.1) is 12.7 Å². The molecule has 4 heteroatoms. The number of hydrogen-bond donors (Lipinski definition) is 0. The fourth-order valence-corrected chi connectivity index (χ4v) is 2.46. The summed E-state index contributed by atoms with van der Waals surface area (Å²) in [6, 6.07) is 5.42. The van der Waals surface area contributed by atoms with Gasteiger partial charge in [0.1, 0.15) is 5.78 Å². The second-order valence-electron chi connectivity index (χ2n) is 4.25. The van der Waals surface area contributed by atoms with Crippen LogP contribution in [0.5, 0.6) is 0 Å². The predicted molar refractivity (Wildman–Crippen MR) is 68.5 cm³/mol. The SMILES string of the molecule is O=C1CCC(OCc2c(Cl)cccc2Cl)CC1. The zero-order chi connectivity index (χ0) is 12.3. The van der Waals surface area contributed by atoms with E-state index in [2.05, 4.69) is 0 Å². The first kappa shape index (κ1) is 12.9. The molecule has 0 saturated heterocycles. The van der Waals surface area contributed by atoms with Crippen LogP contribution in [-0.2, 0) is 16.1 Å². The first-order valence-corrected chi connectivity index (χ1v) is 6.48. The van der Waals surface area contributed by atoms with E-state index in [1.807, 2.05) is 6.07 Å². The van der Waals surface area contributed by atoms with Crippen molar-refractivity contribution in [2.45, 2.75) is 38.4 Å². The van der Waals surface area contributed by atoms with Crippen LogP contribution in [0.15, 0.2) is 18.2 Å². The van der Waals surface area contributed by atoms with E-state index in [1.165, 1.54) is 0 Å². The molecule has 0 aliphatic heterocycles. The van der Waals surface area contributed by atoms with Crippen LogP contribution in [0.25, 0.3) is 0 Å². The number of halogens is 2. The summed E-state index contributed by atoms with van der Waals surface area (Å²) in [7, 11) is 0. The van der Waals surface area contributed by atoms with Crippen molar-refractivity contribution in [2.75, 3.05) is 0 Å². The van der Waals surface area contributed by atoms with Crippen molar-refractivity contribution in [3.8, 4) is 0 Å². The second kappa shape index (κ2) is 5.85. The van der Waals surface area contributed by atoms with E-state index in [-0.39, 0.29) is 6.10 Å². The summed E-state index contributed by atoms with van der Waals surface area (Å²) >= 11 is 12.1. The molecule has 1 fully saturated rings. The smallest absolute Gasteiger partial charge is 0.133 e. The van der Waals surface area contributed by atoms with Gasteiger partial charge in [-0.2, -0.15) is 0 Å². The van der Waals surface area contributed by atoms with Crippen LogP contribution in [-0.4, -0.2) is 11.9 Å². The summed E-state index contributed by atoms with van der Waals surface area (Å²) < 4.78 is 5.76. The molecule has 2 nitrogen and oxygen atoms in total. The molecule has 2 rings (SSSR count). The minimum atomic E-state index is 0.153. The molecule has 0 spiro atoms. The van der Waals surface area contributed by atoms with Crippen LogP contribution in [0.1, 0.15) is 31.2 Å². The van der Waals surface area contributed by atoms with Crippen LogP contribution >= 0.6 is 23.2 Å². The number of hydrogen-bond acceptors (Lipinski definition) is 2. The van der Waals surface area contributed by atoms with Crippen LogP contribution in [0.3, 0.4) is 0 Å². The number of Topliss-reactive ketones (excluding diaryl/α,β-unsaturated/α-hetero) is 1. The van der Waals surface area contributed by atoms with E-state index in [9.17, 15) is 4.79 Å². The minimum absolute atomic E-state index is 0.153. The molecule has 0 unspecified atom stereocenters. The number of benzene rings is 1. The van der Waals surface area contributed by atoms with Gasteiger partial charge in [0.2, 0.25) is 0 Å². The lowest BCUT2D eigenvalue weighted by molar-refractivity contribution is -0.123. The lowest BCUT2D eigenvalue weighted by Gasteiger charge is -2.21. The highest BCUT2D eigenvalue weighted by molar-refractivity contribution is 6.35. The monoisotopic (exact) mass is 272 g/mol. The zero-order valence-electron chi connectivity index (χ0n) is 9.42. The fourth-order valence-electron chi connectivity index (χ4n) is 1.95. The molecule has 92 valence electrons. The van der Waals surface area contributed by atoms with Gasteiger partial charge in [0, 0.05) is 28.5 Å². The maximum absolute atomic E-state index is 11.1. The number of rotatable bonds is 3. The Kier molecular flexibility index (Phi) is 4.43. The minimum Gasteiger partial charge on any atom is -0.373 e. The van der Waals surface area contributed by atoms with E-state index >= 15 is 0 Å². The maximum atomic E-state index is 11.1. The van der Waals surface area contributed by atoms with Crippen molar-refractivity contribution in [1.29, 1.82) is 0 Å². The Morgan fingerprint density at radius 1 is 1.18 bits per heavy atom. The molecule has 1 aliphatic carbocycles. The first-order chi connectivity index (χ1) is 8.16. The lowest BCUT2D eigenvalue weighted by Crippen LogP contribution is -2.21. The van der Waals surface area contributed by atoms with Gasteiger partial charge in [0.25, 0.3) is 0 Å². The summed E-state index contributed by atoms with van der Waals surface area (Å²) in [5.74, 6) is 0.334. The Morgan fingerprint density at radius 2 is 1.76 bits per heavy atom.